The van der Waals surface area contributed by atoms with Crippen LogP contribution in [0.4, 0.5) is 0 Å². The molecule has 0 saturated heterocycles. The molecule has 0 aliphatic rings. The molecule has 0 unspecified atom stereocenters. The second-order valence-electron chi connectivity index (χ2n) is 6.18. The standard InChI is InChI=1S/C21H23NO5/c1-11-15(24-3)8-7-14-18(12(2)22-19(11)14)20(23)13-9-16(25-4)21(27-6)17(10-13)26-5/h7-10,22H,1-6H3. The topological polar surface area (TPSA) is 69.8 Å². The summed E-state index contributed by atoms with van der Waals surface area (Å²) in [6.45, 7) is 3.85. The third kappa shape index (κ3) is 2.97. The van der Waals surface area contributed by atoms with E-state index in [9.17, 15) is 4.79 Å². The van der Waals surface area contributed by atoms with Crippen molar-refractivity contribution >= 4 is 16.7 Å². The molecule has 3 aromatic rings. The smallest absolute Gasteiger partial charge is 0.203 e. The Hall–Kier alpha value is -3.15. The van der Waals surface area contributed by atoms with Crippen molar-refractivity contribution in [1.29, 1.82) is 0 Å². The van der Waals surface area contributed by atoms with Crippen LogP contribution in [0.2, 0.25) is 0 Å². The molecule has 0 fully saturated rings. The predicted molar refractivity (Wildman–Crippen MR) is 104 cm³/mol. The van der Waals surface area contributed by atoms with Gasteiger partial charge in [-0.2, -0.15) is 0 Å². The number of nitrogens with one attached hydrogen (secondary N) is 1. The van der Waals surface area contributed by atoms with E-state index >= 15 is 0 Å². The number of aromatic nitrogens is 1. The average Bonchev–Trinajstić information content (AvgIpc) is 3.03. The third-order valence-electron chi connectivity index (χ3n) is 4.75. The highest BCUT2D eigenvalue weighted by atomic mass is 16.5. The number of H-pyrrole nitrogens is 1. The monoisotopic (exact) mass is 369 g/mol. The number of rotatable bonds is 6. The number of ketones is 1. The van der Waals surface area contributed by atoms with E-state index in [-0.39, 0.29) is 5.78 Å². The quantitative estimate of drug-likeness (QED) is 0.664. The highest BCUT2D eigenvalue weighted by Gasteiger charge is 2.23. The van der Waals surface area contributed by atoms with Gasteiger partial charge in [0.1, 0.15) is 5.75 Å². The van der Waals surface area contributed by atoms with Crippen molar-refractivity contribution in [2.45, 2.75) is 13.8 Å². The second kappa shape index (κ2) is 7.23. The Morgan fingerprint density at radius 3 is 1.96 bits per heavy atom. The summed E-state index contributed by atoms with van der Waals surface area (Å²) in [5, 5.41) is 0.851. The van der Waals surface area contributed by atoms with Crippen molar-refractivity contribution in [3.05, 3.63) is 46.6 Å². The van der Waals surface area contributed by atoms with Crippen LogP contribution in [0.3, 0.4) is 0 Å². The first-order chi connectivity index (χ1) is 13.0. The summed E-state index contributed by atoms with van der Waals surface area (Å²) < 4.78 is 21.5. The number of fused-ring (bicyclic) bond motifs is 1. The Kier molecular flexibility index (Phi) is 4.99. The molecule has 0 saturated carbocycles. The van der Waals surface area contributed by atoms with Gasteiger partial charge in [-0.05, 0) is 38.1 Å². The van der Waals surface area contributed by atoms with Gasteiger partial charge in [0.2, 0.25) is 5.75 Å². The predicted octanol–water partition coefficient (Wildman–Crippen LogP) is 4.05. The van der Waals surface area contributed by atoms with Crippen LogP contribution in [0.1, 0.15) is 27.2 Å². The number of carbonyl (C=O) groups excluding carboxylic acids is 1. The molecular formula is C21H23NO5. The summed E-state index contributed by atoms with van der Waals surface area (Å²) in [5.41, 5.74) is 3.72. The number of aromatic amines is 1. The van der Waals surface area contributed by atoms with Crippen molar-refractivity contribution in [3.63, 3.8) is 0 Å². The lowest BCUT2D eigenvalue weighted by Crippen LogP contribution is -2.05. The molecule has 6 nitrogen and oxygen atoms in total. The van der Waals surface area contributed by atoms with Crippen LogP contribution < -0.4 is 18.9 Å². The fourth-order valence-electron chi connectivity index (χ4n) is 3.38. The first-order valence-corrected chi connectivity index (χ1v) is 8.47. The van der Waals surface area contributed by atoms with Crippen molar-refractivity contribution in [3.8, 4) is 23.0 Å². The molecular weight excluding hydrogens is 346 g/mol. The van der Waals surface area contributed by atoms with Gasteiger partial charge in [-0.1, -0.05) is 0 Å². The lowest BCUT2D eigenvalue weighted by molar-refractivity contribution is 0.103. The van der Waals surface area contributed by atoms with Gasteiger partial charge < -0.3 is 23.9 Å². The lowest BCUT2D eigenvalue weighted by atomic mass is 9.98. The van der Waals surface area contributed by atoms with Crippen molar-refractivity contribution in [2.24, 2.45) is 0 Å². The first-order valence-electron chi connectivity index (χ1n) is 8.47. The van der Waals surface area contributed by atoms with Gasteiger partial charge >= 0.3 is 0 Å². The minimum Gasteiger partial charge on any atom is -0.496 e. The van der Waals surface area contributed by atoms with E-state index in [1.54, 1.807) is 19.2 Å². The van der Waals surface area contributed by atoms with Gasteiger partial charge in [0.15, 0.2) is 17.3 Å². The van der Waals surface area contributed by atoms with E-state index in [1.165, 1.54) is 21.3 Å². The fraction of sp³-hybridized carbons (Fsp3) is 0.286. The Morgan fingerprint density at radius 1 is 0.852 bits per heavy atom. The SMILES string of the molecule is COc1cc(C(=O)c2c(C)[nH]c3c(C)c(OC)ccc23)cc(OC)c1OC. The van der Waals surface area contributed by atoms with E-state index in [2.05, 4.69) is 4.98 Å². The number of benzene rings is 2. The summed E-state index contributed by atoms with van der Waals surface area (Å²) in [4.78, 5) is 16.7. The maximum absolute atomic E-state index is 13.3. The molecule has 0 bridgehead atoms. The number of ether oxygens (including phenoxy) is 4. The number of aryl methyl sites for hydroxylation is 2. The second-order valence-corrected chi connectivity index (χ2v) is 6.18. The van der Waals surface area contributed by atoms with Crippen molar-refractivity contribution < 1.29 is 23.7 Å². The molecule has 0 aliphatic carbocycles. The molecule has 6 heteroatoms. The number of methoxy groups -OCH3 is 4. The Morgan fingerprint density at radius 2 is 1.44 bits per heavy atom. The highest BCUT2D eigenvalue weighted by Crippen LogP contribution is 2.39. The van der Waals surface area contributed by atoms with E-state index in [1.807, 2.05) is 26.0 Å². The van der Waals surface area contributed by atoms with Crippen LogP contribution in [0.25, 0.3) is 10.9 Å². The average molecular weight is 369 g/mol. The Labute approximate surface area is 158 Å². The van der Waals surface area contributed by atoms with Crippen LogP contribution in [-0.2, 0) is 0 Å². The van der Waals surface area contributed by atoms with Gasteiger partial charge in [0.05, 0.1) is 39.5 Å². The molecule has 1 aromatic heterocycles. The summed E-state index contributed by atoms with van der Waals surface area (Å²) in [6, 6.07) is 7.10. The zero-order valence-corrected chi connectivity index (χ0v) is 16.4. The lowest BCUT2D eigenvalue weighted by Gasteiger charge is -2.14. The molecule has 142 valence electrons. The maximum atomic E-state index is 13.3. The van der Waals surface area contributed by atoms with E-state index in [0.717, 1.165) is 27.9 Å². The number of hydrogen-bond donors (Lipinski definition) is 1. The van der Waals surface area contributed by atoms with Gasteiger partial charge in [-0.25, -0.2) is 0 Å². The van der Waals surface area contributed by atoms with Gasteiger partial charge in [-0.3, -0.25) is 4.79 Å². The number of carbonyl (C=O) groups is 1. The van der Waals surface area contributed by atoms with E-state index in [0.29, 0.717) is 28.4 Å². The highest BCUT2D eigenvalue weighted by molar-refractivity contribution is 6.18. The van der Waals surface area contributed by atoms with Crippen LogP contribution in [0.5, 0.6) is 23.0 Å². The molecule has 2 aromatic carbocycles. The van der Waals surface area contributed by atoms with Crippen LogP contribution in [0, 0.1) is 13.8 Å². The minimum atomic E-state index is -0.123. The minimum absolute atomic E-state index is 0.123. The van der Waals surface area contributed by atoms with Crippen molar-refractivity contribution in [2.75, 3.05) is 28.4 Å². The van der Waals surface area contributed by atoms with Gasteiger partial charge in [0.25, 0.3) is 0 Å². The molecule has 1 N–H and O–H groups in total. The Balaban J connectivity index is 2.19. The zero-order chi connectivity index (χ0) is 19.7. The first kappa shape index (κ1) is 18.6. The van der Waals surface area contributed by atoms with Gasteiger partial charge in [-0.15, -0.1) is 0 Å². The summed E-state index contributed by atoms with van der Waals surface area (Å²) >= 11 is 0. The largest absolute Gasteiger partial charge is 0.496 e. The molecule has 0 spiro atoms. The molecule has 0 radical (unpaired) electrons. The molecule has 27 heavy (non-hydrogen) atoms. The molecule has 1 heterocycles. The van der Waals surface area contributed by atoms with E-state index < -0.39 is 0 Å². The Bertz CT molecular complexity index is 994. The molecule has 0 aliphatic heterocycles. The summed E-state index contributed by atoms with van der Waals surface area (Å²) in [7, 11) is 6.21. The molecule has 0 atom stereocenters. The molecule has 0 amide bonds. The fourth-order valence-corrected chi connectivity index (χ4v) is 3.38. The van der Waals surface area contributed by atoms with E-state index in [4.69, 9.17) is 18.9 Å². The van der Waals surface area contributed by atoms with Crippen LogP contribution >= 0.6 is 0 Å². The van der Waals surface area contributed by atoms with Gasteiger partial charge in [0, 0.05) is 22.2 Å². The number of hydrogen-bond acceptors (Lipinski definition) is 5. The maximum Gasteiger partial charge on any atom is 0.203 e. The molecule has 3 rings (SSSR count). The third-order valence-corrected chi connectivity index (χ3v) is 4.75. The van der Waals surface area contributed by atoms with Crippen LogP contribution in [-0.4, -0.2) is 39.2 Å². The zero-order valence-electron chi connectivity index (χ0n) is 16.4. The normalized spacial score (nSPS) is 10.7. The van der Waals surface area contributed by atoms with Crippen LogP contribution in [0.15, 0.2) is 24.3 Å². The summed E-state index contributed by atoms with van der Waals surface area (Å²) in [5.74, 6) is 1.98. The van der Waals surface area contributed by atoms with Crippen molar-refractivity contribution in [1.82, 2.24) is 4.98 Å². The summed E-state index contributed by atoms with van der Waals surface area (Å²) in [6.07, 6.45) is 0.